The maximum Gasteiger partial charge on any atom is 0.248 e. The van der Waals surface area contributed by atoms with E-state index in [-0.39, 0.29) is 11.1 Å². The number of tetrazole rings is 1. The highest BCUT2D eigenvalue weighted by atomic mass is 19.1. The smallest absolute Gasteiger partial charge is 0.248 e. The Morgan fingerprint density at radius 2 is 1.86 bits per heavy atom. The minimum Gasteiger partial charge on any atom is -0.320 e. The van der Waals surface area contributed by atoms with Crippen LogP contribution in [0.25, 0.3) is 11.8 Å². The predicted molar refractivity (Wildman–Crippen MR) is 107 cm³/mol. The summed E-state index contributed by atoms with van der Waals surface area (Å²) in [7, 11) is 0. The van der Waals surface area contributed by atoms with E-state index in [1.807, 2.05) is 24.3 Å². The van der Waals surface area contributed by atoms with Gasteiger partial charge in [-0.1, -0.05) is 45.0 Å². The van der Waals surface area contributed by atoms with Gasteiger partial charge in [-0.25, -0.2) is 4.39 Å². The Morgan fingerprint density at radius 3 is 2.46 bits per heavy atom. The van der Waals surface area contributed by atoms with Crippen LogP contribution in [0.1, 0.15) is 37.7 Å². The normalized spacial score (nSPS) is 11.8. The lowest BCUT2D eigenvalue weighted by Gasteiger charge is -2.18. The van der Waals surface area contributed by atoms with E-state index in [2.05, 4.69) is 41.6 Å². The fraction of sp³-hybridized carbons (Fsp3) is 0.238. The van der Waals surface area contributed by atoms with Gasteiger partial charge in [-0.2, -0.15) is 4.68 Å². The lowest BCUT2D eigenvalue weighted by Crippen LogP contribution is -2.11. The van der Waals surface area contributed by atoms with Crippen LogP contribution in [0.2, 0.25) is 0 Å². The van der Waals surface area contributed by atoms with Crippen LogP contribution in [-0.2, 0) is 10.2 Å². The first-order valence-electron chi connectivity index (χ1n) is 8.88. The SMILES string of the molecule is Cc1nnnn1-c1ccc(F)c(NC(=O)/C=C/c2ccc(C(C)(C)C)cc2)c1. The molecular weight excluding hydrogens is 357 g/mol. The summed E-state index contributed by atoms with van der Waals surface area (Å²) >= 11 is 0. The summed E-state index contributed by atoms with van der Waals surface area (Å²) in [6, 6.07) is 12.3. The second-order valence-corrected chi connectivity index (χ2v) is 7.50. The molecule has 0 saturated heterocycles. The molecule has 0 spiro atoms. The first-order chi connectivity index (χ1) is 13.2. The van der Waals surface area contributed by atoms with Crippen LogP contribution in [0.5, 0.6) is 0 Å². The number of aromatic nitrogens is 4. The van der Waals surface area contributed by atoms with Gasteiger partial charge in [0.2, 0.25) is 5.91 Å². The third kappa shape index (κ3) is 4.49. The van der Waals surface area contributed by atoms with Gasteiger partial charge in [0.1, 0.15) is 5.82 Å². The van der Waals surface area contributed by atoms with E-state index in [0.29, 0.717) is 11.5 Å². The molecule has 6 nitrogen and oxygen atoms in total. The first kappa shape index (κ1) is 19.4. The van der Waals surface area contributed by atoms with Gasteiger partial charge in [0.25, 0.3) is 0 Å². The van der Waals surface area contributed by atoms with Gasteiger partial charge in [-0.3, -0.25) is 4.79 Å². The maximum absolute atomic E-state index is 14.1. The molecule has 0 atom stereocenters. The highest BCUT2D eigenvalue weighted by Gasteiger charge is 2.13. The molecule has 1 aromatic heterocycles. The van der Waals surface area contributed by atoms with E-state index in [0.717, 1.165) is 5.56 Å². The van der Waals surface area contributed by atoms with E-state index in [1.165, 1.54) is 28.5 Å². The number of carbonyl (C=O) groups is 1. The second-order valence-electron chi connectivity index (χ2n) is 7.50. The molecule has 1 heterocycles. The Balaban J connectivity index is 1.73. The van der Waals surface area contributed by atoms with E-state index >= 15 is 0 Å². The molecule has 0 saturated carbocycles. The third-order valence-corrected chi connectivity index (χ3v) is 4.28. The van der Waals surface area contributed by atoms with Gasteiger partial charge >= 0.3 is 0 Å². The van der Waals surface area contributed by atoms with Crippen molar-refractivity contribution in [2.45, 2.75) is 33.1 Å². The van der Waals surface area contributed by atoms with Gasteiger partial charge in [-0.15, -0.1) is 5.10 Å². The van der Waals surface area contributed by atoms with Crippen molar-refractivity contribution in [2.24, 2.45) is 0 Å². The van der Waals surface area contributed by atoms with Crippen molar-refractivity contribution >= 4 is 17.7 Å². The largest absolute Gasteiger partial charge is 0.320 e. The molecule has 0 unspecified atom stereocenters. The summed E-state index contributed by atoms with van der Waals surface area (Å²) in [5.41, 5.74) is 2.79. The molecular formula is C21H22FN5O. The first-order valence-corrected chi connectivity index (χ1v) is 8.88. The van der Waals surface area contributed by atoms with E-state index < -0.39 is 11.7 Å². The molecule has 0 fully saturated rings. The quantitative estimate of drug-likeness (QED) is 0.694. The molecule has 1 amide bonds. The van der Waals surface area contributed by atoms with Crippen molar-refractivity contribution in [1.29, 1.82) is 0 Å². The molecule has 2 aromatic carbocycles. The Bertz CT molecular complexity index is 1020. The van der Waals surface area contributed by atoms with Gasteiger partial charge < -0.3 is 5.32 Å². The third-order valence-electron chi connectivity index (χ3n) is 4.28. The minimum atomic E-state index is -0.536. The number of anilines is 1. The molecule has 7 heteroatoms. The molecule has 0 aliphatic heterocycles. The van der Waals surface area contributed by atoms with Crippen LogP contribution < -0.4 is 5.32 Å². The number of halogens is 1. The summed E-state index contributed by atoms with van der Waals surface area (Å²) in [5.74, 6) is -0.405. The highest BCUT2D eigenvalue weighted by molar-refractivity contribution is 6.02. The molecule has 0 bridgehead atoms. The van der Waals surface area contributed by atoms with Crippen molar-refractivity contribution < 1.29 is 9.18 Å². The number of hydrogen-bond acceptors (Lipinski definition) is 4. The monoisotopic (exact) mass is 379 g/mol. The molecule has 144 valence electrons. The van der Waals surface area contributed by atoms with Crippen molar-refractivity contribution in [1.82, 2.24) is 20.2 Å². The highest BCUT2D eigenvalue weighted by Crippen LogP contribution is 2.23. The number of benzene rings is 2. The summed E-state index contributed by atoms with van der Waals surface area (Å²) in [6.45, 7) is 8.16. The van der Waals surface area contributed by atoms with Crippen LogP contribution in [0.3, 0.4) is 0 Å². The van der Waals surface area contributed by atoms with Gasteiger partial charge in [0.15, 0.2) is 5.82 Å². The molecule has 3 aromatic rings. The van der Waals surface area contributed by atoms with E-state index in [1.54, 1.807) is 19.1 Å². The molecule has 0 aliphatic rings. The fourth-order valence-corrected chi connectivity index (χ4v) is 2.65. The summed E-state index contributed by atoms with van der Waals surface area (Å²) in [4.78, 5) is 12.2. The van der Waals surface area contributed by atoms with Crippen LogP contribution >= 0.6 is 0 Å². The number of nitrogens with one attached hydrogen (secondary N) is 1. The second kappa shape index (κ2) is 7.72. The number of carbonyl (C=O) groups excluding carboxylic acids is 1. The lowest BCUT2D eigenvalue weighted by atomic mass is 9.87. The average Bonchev–Trinajstić information content (AvgIpc) is 3.07. The van der Waals surface area contributed by atoms with Crippen LogP contribution in [0, 0.1) is 12.7 Å². The standard InChI is InChI=1S/C21H22FN5O/c1-14-24-25-26-27(14)17-10-11-18(22)19(13-17)23-20(28)12-7-15-5-8-16(9-6-15)21(2,3)4/h5-13H,1-4H3,(H,23,28)/b12-7+. The van der Waals surface area contributed by atoms with Crippen molar-refractivity contribution in [3.63, 3.8) is 0 Å². The van der Waals surface area contributed by atoms with Gasteiger partial charge in [0.05, 0.1) is 11.4 Å². The fourth-order valence-electron chi connectivity index (χ4n) is 2.65. The zero-order chi connectivity index (χ0) is 20.3. The number of aryl methyl sites for hydroxylation is 1. The van der Waals surface area contributed by atoms with Crippen LogP contribution in [0.4, 0.5) is 10.1 Å². The number of rotatable bonds is 4. The number of amides is 1. The predicted octanol–water partition coefficient (Wildman–Crippen LogP) is 4.06. The Morgan fingerprint density at radius 1 is 1.14 bits per heavy atom. The van der Waals surface area contributed by atoms with Crippen molar-refractivity contribution in [3.8, 4) is 5.69 Å². The molecule has 0 aliphatic carbocycles. The topological polar surface area (TPSA) is 72.7 Å². The Hall–Kier alpha value is -3.35. The van der Waals surface area contributed by atoms with Crippen LogP contribution in [-0.4, -0.2) is 26.1 Å². The van der Waals surface area contributed by atoms with Crippen molar-refractivity contribution in [3.05, 3.63) is 71.3 Å². The zero-order valence-electron chi connectivity index (χ0n) is 16.3. The zero-order valence-corrected chi connectivity index (χ0v) is 16.3. The van der Waals surface area contributed by atoms with Crippen LogP contribution in [0.15, 0.2) is 48.5 Å². The Kier molecular flexibility index (Phi) is 5.35. The van der Waals surface area contributed by atoms with Crippen molar-refractivity contribution in [2.75, 3.05) is 5.32 Å². The molecule has 1 N–H and O–H groups in total. The van der Waals surface area contributed by atoms with Gasteiger partial charge in [-0.05, 0) is 58.2 Å². The van der Waals surface area contributed by atoms with Gasteiger partial charge in [0, 0.05) is 6.08 Å². The minimum absolute atomic E-state index is 0.0603. The summed E-state index contributed by atoms with van der Waals surface area (Å²) < 4.78 is 15.6. The number of nitrogens with zero attached hydrogens (tertiary/aromatic N) is 4. The van der Waals surface area contributed by atoms with E-state index in [9.17, 15) is 9.18 Å². The molecule has 3 rings (SSSR count). The summed E-state index contributed by atoms with van der Waals surface area (Å²) in [6.07, 6.45) is 3.06. The van der Waals surface area contributed by atoms with E-state index in [4.69, 9.17) is 0 Å². The average molecular weight is 379 g/mol. The lowest BCUT2D eigenvalue weighted by molar-refractivity contribution is -0.111. The Labute approximate surface area is 163 Å². The molecule has 28 heavy (non-hydrogen) atoms. The maximum atomic E-state index is 14.1. The number of hydrogen-bond donors (Lipinski definition) is 1. The molecule has 0 radical (unpaired) electrons. The summed E-state index contributed by atoms with van der Waals surface area (Å²) in [5, 5.41) is 13.8.